The van der Waals surface area contributed by atoms with Crippen molar-refractivity contribution >= 4 is 34.8 Å². The van der Waals surface area contributed by atoms with Gasteiger partial charge in [0, 0.05) is 33.8 Å². The summed E-state index contributed by atoms with van der Waals surface area (Å²) < 4.78 is 0. The molecule has 6 heteroatoms. The van der Waals surface area contributed by atoms with E-state index in [1.165, 1.54) is 0 Å². The van der Waals surface area contributed by atoms with Crippen molar-refractivity contribution < 1.29 is 14.4 Å². The fraction of sp³-hybridized carbons (Fsp3) is 0. The molecule has 0 heterocycles. The highest BCUT2D eigenvalue weighted by Crippen LogP contribution is 2.22. The van der Waals surface area contributed by atoms with Crippen molar-refractivity contribution in [3.8, 4) is 0 Å². The zero-order valence-corrected chi connectivity index (χ0v) is 17.6. The standard InChI is InChI=1S/C27H21N3O3/c31-25(19-10-4-1-5-11-19)29-23-16-21(27(33)28-22-14-8-3-9-15-22)17-24(18-23)30-26(32)20-12-6-2-7-13-20/h1-18H,(H,28,33)(H,29,31)(H,30,32). The van der Waals surface area contributed by atoms with Crippen molar-refractivity contribution in [2.75, 3.05) is 16.0 Å². The van der Waals surface area contributed by atoms with E-state index in [2.05, 4.69) is 16.0 Å². The van der Waals surface area contributed by atoms with Gasteiger partial charge >= 0.3 is 0 Å². The lowest BCUT2D eigenvalue weighted by molar-refractivity contribution is 0.101. The molecular weight excluding hydrogens is 414 g/mol. The van der Waals surface area contributed by atoms with E-state index in [1.54, 1.807) is 78.9 Å². The van der Waals surface area contributed by atoms with Gasteiger partial charge in [0.1, 0.15) is 0 Å². The average molecular weight is 435 g/mol. The number of benzene rings is 4. The van der Waals surface area contributed by atoms with Crippen molar-refractivity contribution in [1.29, 1.82) is 0 Å². The minimum atomic E-state index is -0.368. The first kappa shape index (κ1) is 21.5. The minimum absolute atomic E-state index is 0.285. The molecule has 0 saturated carbocycles. The molecule has 0 aromatic heterocycles. The van der Waals surface area contributed by atoms with Crippen LogP contribution in [0.25, 0.3) is 0 Å². The number of amides is 3. The lowest BCUT2D eigenvalue weighted by atomic mass is 10.1. The normalized spacial score (nSPS) is 10.2. The molecule has 4 aromatic rings. The van der Waals surface area contributed by atoms with Crippen molar-refractivity contribution in [3.63, 3.8) is 0 Å². The second-order valence-electron chi connectivity index (χ2n) is 7.26. The van der Waals surface area contributed by atoms with Gasteiger partial charge < -0.3 is 16.0 Å². The second-order valence-corrected chi connectivity index (χ2v) is 7.26. The van der Waals surface area contributed by atoms with Crippen LogP contribution >= 0.6 is 0 Å². The van der Waals surface area contributed by atoms with Crippen LogP contribution in [0.1, 0.15) is 31.1 Å². The second kappa shape index (κ2) is 10.1. The Labute approximate surface area is 191 Å². The Hall–Kier alpha value is -4.71. The van der Waals surface area contributed by atoms with Gasteiger partial charge in [-0.05, 0) is 54.6 Å². The van der Waals surface area contributed by atoms with E-state index in [0.717, 1.165) is 0 Å². The van der Waals surface area contributed by atoms with Crippen LogP contribution in [0.5, 0.6) is 0 Å². The Morgan fingerprint density at radius 1 is 0.394 bits per heavy atom. The van der Waals surface area contributed by atoms with E-state index >= 15 is 0 Å². The molecule has 3 amide bonds. The summed E-state index contributed by atoms with van der Waals surface area (Å²) in [7, 11) is 0. The molecular formula is C27H21N3O3. The Morgan fingerprint density at radius 2 is 0.758 bits per heavy atom. The summed E-state index contributed by atoms with van der Waals surface area (Å²) in [4.78, 5) is 38.2. The quantitative estimate of drug-likeness (QED) is 0.377. The Kier molecular flexibility index (Phi) is 6.56. The number of rotatable bonds is 6. The van der Waals surface area contributed by atoms with Crippen molar-refractivity contribution in [2.45, 2.75) is 0 Å². The van der Waals surface area contributed by atoms with Crippen LogP contribution in [0.4, 0.5) is 17.1 Å². The van der Waals surface area contributed by atoms with Gasteiger partial charge in [-0.3, -0.25) is 14.4 Å². The molecule has 4 aromatic carbocycles. The lowest BCUT2D eigenvalue weighted by Crippen LogP contribution is -2.17. The summed E-state index contributed by atoms with van der Waals surface area (Å²) in [5, 5.41) is 8.42. The Balaban J connectivity index is 1.62. The SMILES string of the molecule is O=C(Nc1cc(NC(=O)c2ccccc2)cc(C(=O)Nc2ccccc2)c1)c1ccccc1. The predicted octanol–water partition coefficient (Wildman–Crippen LogP) is 5.44. The molecule has 3 N–H and O–H groups in total. The maximum absolute atomic E-state index is 12.9. The Bertz CT molecular complexity index is 1200. The topological polar surface area (TPSA) is 87.3 Å². The largest absolute Gasteiger partial charge is 0.322 e. The third-order valence-electron chi connectivity index (χ3n) is 4.81. The van der Waals surface area contributed by atoms with E-state index in [4.69, 9.17) is 0 Å². The molecule has 162 valence electrons. The highest BCUT2D eigenvalue weighted by molar-refractivity contribution is 6.10. The number of hydrogen-bond acceptors (Lipinski definition) is 3. The molecule has 0 aliphatic carbocycles. The molecule has 0 aliphatic rings. The molecule has 0 radical (unpaired) electrons. The number of anilines is 3. The van der Waals surface area contributed by atoms with Crippen molar-refractivity contribution in [1.82, 2.24) is 0 Å². The first-order chi connectivity index (χ1) is 16.1. The molecule has 4 rings (SSSR count). The summed E-state index contributed by atoms with van der Waals surface area (Å²) in [5.74, 6) is -1.01. The highest BCUT2D eigenvalue weighted by Gasteiger charge is 2.14. The number of para-hydroxylation sites is 1. The molecule has 0 atom stereocenters. The first-order valence-electron chi connectivity index (χ1n) is 10.3. The van der Waals surface area contributed by atoms with Gasteiger partial charge in [0.2, 0.25) is 0 Å². The molecule has 0 saturated heterocycles. The zero-order chi connectivity index (χ0) is 23.0. The summed E-state index contributed by atoms with van der Waals surface area (Å²) in [6.07, 6.45) is 0. The van der Waals surface area contributed by atoms with E-state index in [-0.39, 0.29) is 23.3 Å². The van der Waals surface area contributed by atoms with E-state index in [9.17, 15) is 14.4 Å². The molecule has 0 fully saturated rings. The number of hydrogen-bond donors (Lipinski definition) is 3. The lowest BCUT2D eigenvalue weighted by Gasteiger charge is -2.13. The predicted molar refractivity (Wildman–Crippen MR) is 130 cm³/mol. The minimum Gasteiger partial charge on any atom is -0.322 e. The van der Waals surface area contributed by atoms with Crippen LogP contribution in [-0.2, 0) is 0 Å². The third kappa shape index (κ3) is 5.71. The summed E-state index contributed by atoms with van der Waals surface area (Å²) >= 11 is 0. The van der Waals surface area contributed by atoms with Crippen molar-refractivity contribution in [2.24, 2.45) is 0 Å². The van der Waals surface area contributed by atoms with Crippen LogP contribution in [0.3, 0.4) is 0 Å². The van der Waals surface area contributed by atoms with Gasteiger partial charge in [-0.25, -0.2) is 0 Å². The van der Waals surface area contributed by atoms with Crippen LogP contribution < -0.4 is 16.0 Å². The monoisotopic (exact) mass is 435 g/mol. The maximum atomic E-state index is 12.9. The molecule has 0 unspecified atom stereocenters. The van der Waals surface area contributed by atoms with E-state index < -0.39 is 0 Å². The number of carbonyl (C=O) groups is 3. The number of carbonyl (C=O) groups excluding carboxylic acids is 3. The van der Waals surface area contributed by atoms with Gasteiger partial charge in [0.05, 0.1) is 0 Å². The van der Waals surface area contributed by atoms with Crippen LogP contribution in [-0.4, -0.2) is 17.7 Å². The van der Waals surface area contributed by atoms with Crippen LogP contribution in [0.15, 0.2) is 109 Å². The first-order valence-corrected chi connectivity index (χ1v) is 10.3. The highest BCUT2D eigenvalue weighted by atomic mass is 16.2. The molecule has 33 heavy (non-hydrogen) atoms. The molecule has 6 nitrogen and oxygen atoms in total. The fourth-order valence-electron chi connectivity index (χ4n) is 3.21. The summed E-state index contributed by atoms with van der Waals surface area (Å²) in [5.41, 5.74) is 2.64. The molecule has 0 spiro atoms. The van der Waals surface area contributed by atoms with Gasteiger partial charge in [-0.1, -0.05) is 54.6 Å². The number of nitrogens with one attached hydrogen (secondary N) is 3. The van der Waals surface area contributed by atoms with Gasteiger partial charge in [0.15, 0.2) is 0 Å². The van der Waals surface area contributed by atoms with Gasteiger partial charge in [0.25, 0.3) is 17.7 Å². The van der Waals surface area contributed by atoms with E-state index in [1.807, 2.05) is 30.3 Å². The summed E-state index contributed by atoms with van der Waals surface area (Å²) in [6, 6.07) is 31.3. The summed E-state index contributed by atoms with van der Waals surface area (Å²) in [6.45, 7) is 0. The van der Waals surface area contributed by atoms with Gasteiger partial charge in [-0.15, -0.1) is 0 Å². The average Bonchev–Trinajstić information content (AvgIpc) is 2.85. The molecule has 0 bridgehead atoms. The van der Waals surface area contributed by atoms with Crippen LogP contribution in [0, 0.1) is 0 Å². The molecule has 0 aliphatic heterocycles. The van der Waals surface area contributed by atoms with Gasteiger partial charge in [-0.2, -0.15) is 0 Å². The van der Waals surface area contributed by atoms with Crippen LogP contribution in [0.2, 0.25) is 0 Å². The van der Waals surface area contributed by atoms with E-state index in [0.29, 0.717) is 28.2 Å². The fourth-order valence-corrected chi connectivity index (χ4v) is 3.21. The third-order valence-corrected chi connectivity index (χ3v) is 4.81. The maximum Gasteiger partial charge on any atom is 0.255 e. The zero-order valence-electron chi connectivity index (χ0n) is 17.6. The Morgan fingerprint density at radius 3 is 1.21 bits per heavy atom. The van der Waals surface area contributed by atoms with Crippen molar-refractivity contribution in [3.05, 3.63) is 126 Å². The smallest absolute Gasteiger partial charge is 0.255 e.